The van der Waals surface area contributed by atoms with Crippen LogP contribution in [-0.4, -0.2) is 9.78 Å². The number of benzene rings is 1. The maximum atomic E-state index is 11.7. The van der Waals surface area contributed by atoms with E-state index in [1.54, 1.807) is 19.1 Å². The van der Waals surface area contributed by atoms with Gasteiger partial charge in [0.1, 0.15) is 5.82 Å². The van der Waals surface area contributed by atoms with E-state index in [0.29, 0.717) is 22.9 Å². The van der Waals surface area contributed by atoms with Crippen LogP contribution in [0.5, 0.6) is 0 Å². The molecule has 4 nitrogen and oxygen atoms in total. The summed E-state index contributed by atoms with van der Waals surface area (Å²) in [7, 11) is 0. The number of halogens is 1. The Morgan fingerprint density at radius 1 is 1.38 bits per heavy atom. The molecular formula is C11H12ClN3O. The summed E-state index contributed by atoms with van der Waals surface area (Å²) < 4.78 is 1.48. The van der Waals surface area contributed by atoms with Crippen LogP contribution in [-0.2, 0) is 6.54 Å². The highest BCUT2D eigenvalue weighted by Crippen LogP contribution is 2.10. The molecule has 2 rings (SSSR count). The van der Waals surface area contributed by atoms with Crippen LogP contribution in [0.4, 0.5) is 5.82 Å². The van der Waals surface area contributed by atoms with Gasteiger partial charge in [-0.25, -0.2) is 4.68 Å². The monoisotopic (exact) mass is 237 g/mol. The van der Waals surface area contributed by atoms with Crippen LogP contribution in [0.3, 0.4) is 0 Å². The molecule has 0 aliphatic heterocycles. The van der Waals surface area contributed by atoms with E-state index in [1.165, 1.54) is 4.68 Å². The van der Waals surface area contributed by atoms with Gasteiger partial charge in [-0.3, -0.25) is 9.89 Å². The van der Waals surface area contributed by atoms with E-state index in [2.05, 4.69) is 5.10 Å². The lowest BCUT2D eigenvalue weighted by Gasteiger charge is -2.01. The molecule has 1 aromatic carbocycles. The van der Waals surface area contributed by atoms with Crippen molar-refractivity contribution >= 4 is 17.4 Å². The van der Waals surface area contributed by atoms with Gasteiger partial charge >= 0.3 is 0 Å². The number of H-pyrrole nitrogens is 1. The predicted molar refractivity (Wildman–Crippen MR) is 64.8 cm³/mol. The van der Waals surface area contributed by atoms with Gasteiger partial charge in [-0.2, -0.15) is 0 Å². The number of nitrogen functional groups attached to an aromatic ring is 1. The van der Waals surface area contributed by atoms with E-state index in [4.69, 9.17) is 17.3 Å². The van der Waals surface area contributed by atoms with Crippen molar-refractivity contribution in [2.75, 3.05) is 5.73 Å². The predicted octanol–water partition coefficient (Wildman–Crippen LogP) is 1.77. The van der Waals surface area contributed by atoms with Crippen LogP contribution in [0, 0.1) is 6.92 Å². The third-order valence-electron chi connectivity index (χ3n) is 2.48. The Kier molecular flexibility index (Phi) is 2.75. The van der Waals surface area contributed by atoms with E-state index < -0.39 is 0 Å². The topological polar surface area (TPSA) is 63.8 Å². The van der Waals surface area contributed by atoms with E-state index in [1.807, 2.05) is 12.1 Å². The highest BCUT2D eigenvalue weighted by molar-refractivity contribution is 6.30. The highest BCUT2D eigenvalue weighted by Gasteiger charge is 2.06. The van der Waals surface area contributed by atoms with Crippen LogP contribution in [0.2, 0.25) is 5.02 Å². The quantitative estimate of drug-likeness (QED) is 0.836. The van der Waals surface area contributed by atoms with Crippen molar-refractivity contribution in [2.24, 2.45) is 0 Å². The largest absolute Gasteiger partial charge is 0.384 e. The molecule has 3 N–H and O–H groups in total. The molecule has 0 spiro atoms. The molecule has 5 heteroatoms. The lowest BCUT2D eigenvalue weighted by Crippen LogP contribution is -2.18. The lowest BCUT2D eigenvalue weighted by atomic mass is 10.2. The number of hydrogen-bond donors (Lipinski definition) is 2. The first-order chi connectivity index (χ1) is 7.58. The van der Waals surface area contributed by atoms with Gasteiger partial charge in [0.15, 0.2) is 0 Å². The minimum Gasteiger partial charge on any atom is -0.384 e. The summed E-state index contributed by atoms with van der Waals surface area (Å²) in [5.41, 5.74) is 7.07. The molecule has 0 amide bonds. The molecule has 16 heavy (non-hydrogen) atoms. The maximum Gasteiger partial charge on any atom is 0.271 e. The zero-order chi connectivity index (χ0) is 11.7. The number of rotatable bonds is 2. The number of hydrogen-bond acceptors (Lipinski definition) is 2. The third kappa shape index (κ3) is 1.97. The standard InChI is InChI=1S/C11H12ClN3O/c1-7-10(13)14-15(11(7)16)6-8-2-4-9(12)5-3-8/h2-5,14H,6,13H2,1H3. The van der Waals surface area contributed by atoms with Crippen molar-refractivity contribution in [2.45, 2.75) is 13.5 Å². The normalized spacial score (nSPS) is 10.6. The smallest absolute Gasteiger partial charge is 0.271 e. The summed E-state index contributed by atoms with van der Waals surface area (Å²) in [5.74, 6) is 0.416. The van der Waals surface area contributed by atoms with E-state index >= 15 is 0 Å². The van der Waals surface area contributed by atoms with Gasteiger partial charge in [0.25, 0.3) is 5.56 Å². The Balaban J connectivity index is 2.30. The summed E-state index contributed by atoms with van der Waals surface area (Å²) >= 11 is 5.78. The average molecular weight is 238 g/mol. The van der Waals surface area contributed by atoms with E-state index in [9.17, 15) is 4.79 Å². The van der Waals surface area contributed by atoms with Gasteiger partial charge in [-0.15, -0.1) is 0 Å². The number of aromatic nitrogens is 2. The number of nitrogens with two attached hydrogens (primary N) is 1. The minimum atomic E-state index is -0.0903. The number of nitrogens with zero attached hydrogens (tertiary/aromatic N) is 1. The fourth-order valence-corrected chi connectivity index (χ4v) is 1.61. The summed E-state index contributed by atoms with van der Waals surface area (Å²) in [6.07, 6.45) is 0. The second-order valence-corrected chi connectivity index (χ2v) is 4.10. The molecule has 84 valence electrons. The molecule has 0 atom stereocenters. The zero-order valence-corrected chi connectivity index (χ0v) is 9.58. The summed E-state index contributed by atoms with van der Waals surface area (Å²) in [4.78, 5) is 11.7. The van der Waals surface area contributed by atoms with Crippen LogP contribution < -0.4 is 11.3 Å². The van der Waals surface area contributed by atoms with Gasteiger partial charge in [-0.1, -0.05) is 23.7 Å². The second-order valence-electron chi connectivity index (χ2n) is 3.67. The van der Waals surface area contributed by atoms with Gasteiger partial charge < -0.3 is 5.73 Å². The van der Waals surface area contributed by atoms with Gasteiger partial charge in [0, 0.05) is 5.02 Å². The number of anilines is 1. The van der Waals surface area contributed by atoms with Crippen molar-refractivity contribution in [1.29, 1.82) is 0 Å². The Morgan fingerprint density at radius 3 is 2.50 bits per heavy atom. The fourth-order valence-electron chi connectivity index (χ4n) is 1.48. The Morgan fingerprint density at radius 2 is 2.00 bits per heavy atom. The Labute approximate surface area is 97.6 Å². The molecular weight excluding hydrogens is 226 g/mol. The molecule has 1 aromatic heterocycles. The SMILES string of the molecule is Cc1c(N)[nH]n(Cc2ccc(Cl)cc2)c1=O. The van der Waals surface area contributed by atoms with Crippen molar-refractivity contribution in [3.05, 3.63) is 50.8 Å². The molecule has 0 saturated carbocycles. The molecule has 0 aliphatic rings. The van der Waals surface area contributed by atoms with Crippen molar-refractivity contribution in [1.82, 2.24) is 9.78 Å². The summed E-state index contributed by atoms with van der Waals surface area (Å²) in [6, 6.07) is 7.34. The van der Waals surface area contributed by atoms with Gasteiger partial charge in [0.05, 0.1) is 12.1 Å². The molecule has 0 fully saturated rings. The lowest BCUT2D eigenvalue weighted by molar-refractivity contribution is 0.665. The van der Waals surface area contributed by atoms with Crippen LogP contribution in [0.15, 0.2) is 29.1 Å². The van der Waals surface area contributed by atoms with Crippen LogP contribution in [0.25, 0.3) is 0 Å². The Hall–Kier alpha value is -1.68. The average Bonchev–Trinajstić information content (AvgIpc) is 2.50. The third-order valence-corrected chi connectivity index (χ3v) is 2.73. The zero-order valence-electron chi connectivity index (χ0n) is 8.83. The van der Waals surface area contributed by atoms with Crippen molar-refractivity contribution in [3.63, 3.8) is 0 Å². The Bertz CT molecular complexity index is 554. The van der Waals surface area contributed by atoms with Crippen molar-refractivity contribution < 1.29 is 0 Å². The first-order valence-electron chi connectivity index (χ1n) is 4.87. The molecule has 2 aromatic rings. The first-order valence-corrected chi connectivity index (χ1v) is 5.25. The van der Waals surface area contributed by atoms with Crippen LogP contribution in [0.1, 0.15) is 11.1 Å². The molecule has 0 unspecified atom stereocenters. The highest BCUT2D eigenvalue weighted by atomic mass is 35.5. The molecule has 0 radical (unpaired) electrons. The number of nitrogens with one attached hydrogen (secondary N) is 1. The van der Waals surface area contributed by atoms with Crippen LogP contribution >= 0.6 is 11.6 Å². The minimum absolute atomic E-state index is 0.0903. The summed E-state index contributed by atoms with van der Waals surface area (Å²) in [5, 5.41) is 3.50. The molecule has 0 aliphatic carbocycles. The first kappa shape index (κ1) is 10.8. The van der Waals surface area contributed by atoms with E-state index in [-0.39, 0.29) is 5.56 Å². The molecule has 1 heterocycles. The van der Waals surface area contributed by atoms with Gasteiger partial charge in [0.2, 0.25) is 0 Å². The molecule has 0 saturated heterocycles. The van der Waals surface area contributed by atoms with E-state index in [0.717, 1.165) is 5.56 Å². The summed E-state index contributed by atoms with van der Waals surface area (Å²) in [6.45, 7) is 2.17. The molecule has 0 bridgehead atoms. The van der Waals surface area contributed by atoms with Crippen molar-refractivity contribution in [3.8, 4) is 0 Å². The number of aromatic amines is 1. The fraction of sp³-hybridized carbons (Fsp3) is 0.182. The van der Waals surface area contributed by atoms with Gasteiger partial charge in [-0.05, 0) is 24.6 Å². The second kappa shape index (κ2) is 4.06. The maximum absolute atomic E-state index is 11.7.